The Morgan fingerprint density at radius 2 is 0.833 bits per heavy atom. The Hall–Kier alpha value is 0.211. The van der Waals surface area contributed by atoms with E-state index >= 15 is 0 Å². The summed E-state index contributed by atoms with van der Waals surface area (Å²) >= 11 is 0. The maximum Gasteiger partial charge on any atom is 1.00 e. The van der Waals surface area contributed by atoms with Gasteiger partial charge in [0.2, 0.25) is 0 Å². The first-order valence-electron chi connectivity index (χ1n) is 5.59. The van der Waals surface area contributed by atoms with Gasteiger partial charge in [-0.3, -0.25) is 0 Å². The maximum absolute atomic E-state index is 9.75. The van der Waals surface area contributed by atoms with Crippen LogP contribution in [0.4, 0.5) is 51.8 Å². The molecule has 0 N–H and O–H groups in total. The van der Waals surface area contributed by atoms with Crippen LogP contribution in [-0.2, 0) is 6.42 Å². The quantitative estimate of drug-likeness (QED) is 0.496. The molecule has 0 heterocycles. The molecule has 0 amide bonds. The van der Waals surface area contributed by atoms with Crippen molar-refractivity contribution in [3.05, 3.63) is 35.9 Å². The third kappa shape index (κ3) is 95.8. The summed E-state index contributed by atoms with van der Waals surface area (Å²) in [4.78, 5) is 0. The van der Waals surface area contributed by atoms with Gasteiger partial charge in [-0.2, -0.15) is 0 Å². The summed E-state index contributed by atoms with van der Waals surface area (Å²) in [6.07, 6.45) is 1.14. The summed E-state index contributed by atoms with van der Waals surface area (Å²) in [5, 5.41) is 0. The van der Waals surface area contributed by atoms with Gasteiger partial charge < -0.3 is 53.2 Å². The molecule has 0 unspecified atom stereocenters. The van der Waals surface area contributed by atoms with Crippen molar-refractivity contribution in [3.8, 4) is 0 Å². The van der Waals surface area contributed by atoms with Gasteiger partial charge in [0.25, 0.3) is 0 Å². The Bertz CT molecular complexity index is 336. The van der Waals surface area contributed by atoms with E-state index in [2.05, 4.69) is 31.2 Å². The van der Waals surface area contributed by atoms with Crippen molar-refractivity contribution in [2.75, 3.05) is 0 Å². The number of aryl methyl sites for hydroxylation is 1. The molecule has 0 nitrogen and oxygen atoms in total. The van der Waals surface area contributed by atoms with E-state index in [4.69, 9.17) is 0 Å². The average molecular weight is 407 g/mol. The first-order chi connectivity index (χ1) is 9.93. The van der Waals surface area contributed by atoms with E-state index < -0.39 is 21.8 Å². The number of rotatable bonds is 1. The second-order valence-electron chi connectivity index (χ2n) is 3.32. The Balaban J connectivity index is -0.0000000714. The SMILES string of the molecule is CCc1ccccc1.F[B-](F)(F)F.F[B-](F)(F)F.F[B-](F)(F)F.[H-].[K+]. The van der Waals surface area contributed by atoms with Crippen molar-refractivity contribution in [2.24, 2.45) is 0 Å². The predicted molar refractivity (Wildman–Crippen MR) is 67.5 cm³/mol. The van der Waals surface area contributed by atoms with Gasteiger partial charge in [0.05, 0.1) is 0 Å². The van der Waals surface area contributed by atoms with Gasteiger partial charge in [0, 0.05) is 0 Å². The van der Waals surface area contributed by atoms with Gasteiger partial charge in [-0.25, -0.2) is 0 Å². The number of benzene rings is 1. The molecule has 1 aromatic rings. The Labute approximate surface area is 174 Å². The topological polar surface area (TPSA) is 0 Å². The third-order valence-electron chi connectivity index (χ3n) is 1.25. The molecule has 0 aromatic heterocycles. The van der Waals surface area contributed by atoms with Crippen LogP contribution in [0.1, 0.15) is 13.9 Å². The second kappa shape index (κ2) is 15.5. The van der Waals surface area contributed by atoms with Crippen LogP contribution in [0.15, 0.2) is 30.3 Å². The molecule has 0 saturated carbocycles. The fraction of sp³-hybridized carbons (Fsp3) is 0.250. The molecule has 0 atom stereocenters. The van der Waals surface area contributed by atoms with Crippen molar-refractivity contribution >= 4 is 21.8 Å². The van der Waals surface area contributed by atoms with Crippen LogP contribution in [0.25, 0.3) is 0 Å². The summed E-state index contributed by atoms with van der Waals surface area (Å²) in [6, 6.07) is 10.5. The smallest absolute Gasteiger partial charge is 1.00 e. The Kier molecular flexibility index (Phi) is 20.6. The van der Waals surface area contributed by atoms with Gasteiger partial charge in [0.1, 0.15) is 0 Å². The molecular formula is C8H11B3F12K-3. The maximum atomic E-state index is 9.75. The summed E-state index contributed by atoms with van der Waals surface area (Å²) in [5.41, 5.74) is 1.41. The van der Waals surface area contributed by atoms with Gasteiger partial charge in [-0.15, -0.1) is 0 Å². The van der Waals surface area contributed by atoms with Gasteiger partial charge >= 0.3 is 73.1 Å². The van der Waals surface area contributed by atoms with Crippen molar-refractivity contribution in [2.45, 2.75) is 13.3 Å². The fourth-order valence-corrected chi connectivity index (χ4v) is 0.714. The van der Waals surface area contributed by atoms with E-state index in [0.29, 0.717) is 0 Å². The number of hydrogen-bond donors (Lipinski definition) is 0. The zero-order chi connectivity index (χ0) is 19.3. The molecule has 0 aliphatic heterocycles. The normalized spacial score (nSPS) is 10.5. The van der Waals surface area contributed by atoms with Crippen LogP contribution in [-0.4, -0.2) is 21.8 Å². The van der Waals surface area contributed by atoms with Crippen molar-refractivity contribution in [1.82, 2.24) is 0 Å². The largest absolute Gasteiger partial charge is 1.00 e. The van der Waals surface area contributed by atoms with Crippen LogP contribution in [0.2, 0.25) is 0 Å². The summed E-state index contributed by atoms with van der Waals surface area (Å²) < 4.78 is 117. The zero-order valence-corrected chi connectivity index (χ0v) is 15.5. The van der Waals surface area contributed by atoms with E-state index in [0.717, 1.165) is 6.42 Å². The van der Waals surface area contributed by atoms with Crippen LogP contribution < -0.4 is 51.4 Å². The van der Waals surface area contributed by atoms with Crippen LogP contribution in [0.5, 0.6) is 0 Å². The molecule has 24 heavy (non-hydrogen) atoms. The van der Waals surface area contributed by atoms with Crippen LogP contribution in [0.3, 0.4) is 0 Å². The summed E-state index contributed by atoms with van der Waals surface area (Å²) in [6.45, 7) is 2.16. The molecule has 1 rings (SSSR count). The van der Waals surface area contributed by atoms with Crippen LogP contribution >= 0.6 is 0 Å². The van der Waals surface area contributed by atoms with Gasteiger partial charge in [-0.05, 0) is 12.0 Å². The molecule has 140 valence electrons. The van der Waals surface area contributed by atoms with Gasteiger partial charge in [-0.1, -0.05) is 37.3 Å². The molecule has 0 aliphatic carbocycles. The second-order valence-corrected chi connectivity index (χ2v) is 3.32. The molecule has 0 spiro atoms. The minimum absolute atomic E-state index is 0. The molecule has 0 saturated heterocycles. The number of hydrogen-bond acceptors (Lipinski definition) is 0. The predicted octanol–water partition coefficient (Wildman–Crippen LogP) is 3.27. The fourth-order valence-electron chi connectivity index (χ4n) is 0.714. The zero-order valence-electron chi connectivity index (χ0n) is 13.4. The molecular weight excluding hydrogens is 396 g/mol. The molecule has 0 fully saturated rings. The van der Waals surface area contributed by atoms with Crippen LogP contribution in [0, 0.1) is 0 Å². The number of halogens is 12. The van der Waals surface area contributed by atoms with E-state index in [1.165, 1.54) is 5.56 Å². The molecule has 0 radical (unpaired) electrons. The molecule has 1 aromatic carbocycles. The van der Waals surface area contributed by atoms with E-state index in [1.807, 2.05) is 6.07 Å². The van der Waals surface area contributed by atoms with Crippen molar-refractivity contribution in [3.63, 3.8) is 0 Å². The first kappa shape index (κ1) is 31.9. The standard InChI is InChI=1S/C8H10.3BF4.K.H/c1-2-8-6-4-3-5-7-8;3*2-1(3,4)5;;/h3-7H,2H2,1H3;;;;;/q;3*-1;+1;-1. The molecule has 0 bridgehead atoms. The molecule has 0 aliphatic rings. The summed E-state index contributed by atoms with van der Waals surface area (Å²) in [5.74, 6) is 0. The van der Waals surface area contributed by atoms with Gasteiger partial charge in [0.15, 0.2) is 0 Å². The van der Waals surface area contributed by atoms with Crippen molar-refractivity contribution in [1.29, 1.82) is 0 Å². The van der Waals surface area contributed by atoms with Crippen molar-refractivity contribution < 1.29 is 105 Å². The first-order valence-corrected chi connectivity index (χ1v) is 5.59. The average Bonchev–Trinajstić information content (AvgIpc) is 2.23. The summed E-state index contributed by atoms with van der Waals surface area (Å²) in [7, 11) is -18.0. The van der Waals surface area contributed by atoms with E-state index in [1.54, 1.807) is 0 Å². The minimum Gasteiger partial charge on any atom is -1.00 e. The van der Waals surface area contributed by atoms with E-state index in [9.17, 15) is 51.8 Å². The Morgan fingerprint density at radius 1 is 0.625 bits per heavy atom. The minimum atomic E-state index is -6.00. The third-order valence-corrected chi connectivity index (χ3v) is 1.25. The molecule has 16 heteroatoms. The Morgan fingerprint density at radius 3 is 0.958 bits per heavy atom. The van der Waals surface area contributed by atoms with E-state index in [-0.39, 0.29) is 52.8 Å². The monoisotopic (exact) mass is 407 g/mol.